The Morgan fingerprint density at radius 1 is 1.12 bits per heavy atom. The van der Waals surface area contributed by atoms with E-state index in [1.54, 1.807) is 43.4 Å². The van der Waals surface area contributed by atoms with Gasteiger partial charge in [-0.2, -0.15) is 8.42 Å². The number of nitrogens with one attached hydrogen (secondary N) is 2. The topological polar surface area (TPSA) is 108 Å². The Bertz CT molecular complexity index is 901. The third-order valence-corrected chi connectivity index (χ3v) is 4.86. The van der Waals surface area contributed by atoms with E-state index in [1.807, 2.05) is 19.1 Å². The van der Waals surface area contributed by atoms with E-state index in [1.165, 1.54) is 4.90 Å². The molecular formula is C16H19N5O3S. The van der Waals surface area contributed by atoms with Crippen molar-refractivity contribution in [1.29, 1.82) is 0 Å². The lowest BCUT2D eigenvalue weighted by Crippen LogP contribution is -2.44. The molecule has 0 bridgehead atoms. The number of benzene rings is 2. The number of hydrazine groups is 1. The van der Waals surface area contributed by atoms with Gasteiger partial charge in [0.2, 0.25) is 0 Å². The Morgan fingerprint density at radius 2 is 1.80 bits per heavy atom. The highest BCUT2D eigenvalue weighted by Crippen LogP contribution is 2.39. The van der Waals surface area contributed by atoms with Crippen molar-refractivity contribution in [3.8, 4) is 0 Å². The summed E-state index contributed by atoms with van der Waals surface area (Å²) in [5.74, 6) is 0. The van der Waals surface area contributed by atoms with E-state index in [0.717, 1.165) is 15.7 Å². The van der Waals surface area contributed by atoms with E-state index in [-0.39, 0.29) is 0 Å². The smallest absolute Gasteiger partial charge is 0.339 e. The molecule has 3 rings (SSSR count). The SMILES string of the molecule is CNc1c(C)cccc1N1C(=O)NN(S(N)(=O)=O)C1c1ccccc1. The fourth-order valence-electron chi connectivity index (χ4n) is 2.96. The number of urea groups is 1. The highest BCUT2D eigenvalue weighted by atomic mass is 32.2. The van der Waals surface area contributed by atoms with E-state index in [0.29, 0.717) is 11.3 Å². The quantitative estimate of drug-likeness (QED) is 0.770. The van der Waals surface area contributed by atoms with Gasteiger partial charge in [-0.1, -0.05) is 46.9 Å². The second kappa shape index (κ2) is 6.36. The van der Waals surface area contributed by atoms with Crippen molar-refractivity contribution >= 4 is 27.6 Å². The van der Waals surface area contributed by atoms with Crippen LogP contribution in [0.2, 0.25) is 0 Å². The maximum atomic E-state index is 12.6. The van der Waals surface area contributed by atoms with Crippen LogP contribution in [0.3, 0.4) is 0 Å². The van der Waals surface area contributed by atoms with Gasteiger partial charge >= 0.3 is 6.03 Å². The largest absolute Gasteiger partial charge is 0.386 e. The summed E-state index contributed by atoms with van der Waals surface area (Å²) in [4.78, 5) is 14.0. The van der Waals surface area contributed by atoms with Crippen LogP contribution in [-0.2, 0) is 10.2 Å². The summed E-state index contributed by atoms with van der Waals surface area (Å²) in [7, 11) is -2.42. The third kappa shape index (κ3) is 3.04. The predicted molar refractivity (Wildman–Crippen MR) is 95.9 cm³/mol. The summed E-state index contributed by atoms with van der Waals surface area (Å²) in [6, 6.07) is 13.7. The van der Waals surface area contributed by atoms with Crippen molar-refractivity contribution in [2.75, 3.05) is 17.3 Å². The van der Waals surface area contributed by atoms with Crippen molar-refractivity contribution in [3.05, 3.63) is 59.7 Å². The van der Waals surface area contributed by atoms with Gasteiger partial charge in [-0.05, 0) is 24.1 Å². The molecular weight excluding hydrogens is 342 g/mol. The molecule has 1 aliphatic rings. The van der Waals surface area contributed by atoms with Crippen LogP contribution in [0, 0.1) is 6.92 Å². The number of nitrogens with two attached hydrogens (primary N) is 1. The maximum absolute atomic E-state index is 12.6. The molecule has 2 amide bonds. The number of para-hydroxylation sites is 1. The molecule has 25 heavy (non-hydrogen) atoms. The third-order valence-electron chi connectivity index (χ3n) is 4.02. The molecule has 0 saturated carbocycles. The van der Waals surface area contributed by atoms with E-state index in [2.05, 4.69) is 10.7 Å². The zero-order valence-electron chi connectivity index (χ0n) is 13.8. The van der Waals surface area contributed by atoms with Crippen LogP contribution >= 0.6 is 0 Å². The fraction of sp³-hybridized carbons (Fsp3) is 0.188. The molecule has 0 spiro atoms. The van der Waals surface area contributed by atoms with Gasteiger partial charge in [0.15, 0.2) is 6.17 Å². The molecule has 1 atom stereocenters. The van der Waals surface area contributed by atoms with Gasteiger partial charge in [0, 0.05) is 7.05 Å². The van der Waals surface area contributed by atoms with Gasteiger partial charge in [-0.25, -0.2) is 9.93 Å². The Labute approximate surface area is 146 Å². The fourth-order valence-corrected chi connectivity index (χ4v) is 3.66. The molecule has 132 valence electrons. The number of anilines is 2. The highest BCUT2D eigenvalue weighted by Gasteiger charge is 2.45. The number of amides is 2. The Hall–Kier alpha value is -2.62. The lowest BCUT2D eigenvalue weighted by molar-refractivity contribution is 0.243. The molecule has 1 unspecified atom stereocenters. The summed E-state index contributed by atoms with van der Waals surface area (Å²) in [6.45, 7) is 1.90. The first-order valence-corrected chi connectivity index (χ1v) is 9.09. The van der Waals surface area contributed by atoms with Gasteiger partial charge in [0.1, 0.15) is 0 Å². The van der Waals surface area contributed by atoms with Gasteiger partial charge in [-0.15, -0.1) is 0 Å². The minimum atomic E-state index is -4.16. The second-order valence-electron chi connectivity index (χ2n) is 5.63. The summed E-state index contributed by atoms with van der Waals surface area (Å²) in [5, 5.41) is 8.38. The van der Waals surface area contributed by atoms with Crippen molar-refractivity contribution in [3.63, 3.8) is 0 Å². The van der Waals surface area contributed by atoms with Gasteiger partial charge in [0.25, 0.3) is 10.2 Å². The molecule has 8 nitrogen and oxygen atoms in total. The number of rotatable bonds is 4. The molecule has 2 aromatic carbocycles. The van der Waals surface area contributed by atoms with E-state index in [9.17, 15) is 13.2 Å². The van der Waals surface area contributed by atoms with Crippen LogP contribution in [0.25, 0.3) is 0 Å². The number of aryl methyl sites for hydroxylation is 1. The molecule has 1 heterocycles. The molecule has 4 N–H and O–H groups in total. The van der Waals surface area contributed by atoms with Crippen LogP contribution in [0.5, 0.6) is 0 Å². The number of hydrogen-bond donors (Lipinski definition) is 3. The van der Waals surface area contributed by atoms with Gasteiger partial charge in [0.05, 0.1) is 11.4 Å². The van der Waals surface area contributed by atoms with E-state index < -0.39 is 22.4 Å². The maximum Gasteiger partial charge on any atom is 0.339 e. The summed E-state index contributed by atoms with van der Waals surface area (Å²) in [5.41, 5.74) is 5.16. The molecule has 0 aliphatic carbocycles. The number of carbonyl (C=O) groups is 1. The molecule has 1 fully saturated rings. The van der Waals surface area contributed by atoms with Crippen LogP contribution in [0.15, 0.2) is 48.5 Å². The van der Waals surface area contributed by atoms with Crippen molar-refractivity contribution in [2.45, 2.75) is 13.1 Å². The normalized spacial score (nSPS) is 18.3. The van der Waals surface area contributed by atoms with Crippen LogP contribution in [0.4, 0.5) is 16.2 Å². The second-order valence-corrected chi connectivity index (χ2v) is 7.05. The molecule has 0 aromatic heterocycles. The lowest BCUT2D eigenvalue weighted by Gasteiger charge is -2.28. The van der Waals surface area contributed by atoms with Crippen molar-refractivity contribution in [2.24, 2.45) is 5.14 Å². The molecule has 9 heteroatoms. The van der Waals surface area contributed by atoms with Crippen LogP contribution < -0.4 is 20.8 Å². The lowest BCUT2D eigenvalue weighted by atomic mass is 10.1. The number of nitrogens with zero attached hydrogens (tertiary/aromatic N) is 2. The van der Waals surface area contributed by atoms with Crippen molar-refractivity contribution < 1.29 is 13.2 Å². The predicted octanol–water partition coefficient (Wildman–Crippen LogP) is 1.69. The Morgan fingerprint density at radius 3 is 2.40 bits per heavy atom. The summed E-state index contributed by atoms with van der Waals surface area (Å²) in [6.07, 6.45) is -0.933. The minimum Gasteiger partial charge on any atom is -0.386 e. The van der Waals surface area contributed by atoms with Crippen LogP contribution in [-0.4, -0.2) is 25.9 Å². The average Bonchev–Trinajstić information content (AvgIpc) is 2.93. The van der Waals surface area contributed by atoms with E-state index >= 15 is 0 Å². The zero-order chi connectivity index (χ0) is 18.2. The number of carbonyl (C=O) groups excluding carboxylic acids is 1. The highest BCUT2D eigenvalue weighted by molar-refractivity contribution is 7.86. The molecule has 1 aliphatic heterocycles. The first-order chi connectivity index (χ1) is 11.8. The van der Waals surface area contributed by atoms with Crippen LogP contribution in [0.1, 0.15) is 17.3 Å². The van der Waals surface area contributed by atoms with E-state index in [4.69, 9.17) is 5.14 Å². The number of hydrogen-bond acceptors (Lipinski definition) is 4. The zero-order valence-corrected chi connectivity index (χ0v) is 14.6. The standard InChI is InChI=1S/C16H19N5O3S/c1-11-7-6-10-13(14(11)18-2)20-15(12-8-4-3-5-9-12)21(19-16(20)22)25(17,23)24/h3-10,15,18H,1-2H3,(H,19,22)(H2,17,23,24). The van der Waals surface area contributed by atoms with Crippen molar-refractivity contribution in [1.82, 2.24) is 9.84 Å². The first-order valence-electron chi connectivity index (χ1n) is 7.59. The Kier molecular flexibility index (Phi) is 4.38. The summed E-state index contributed by atoms with van der Waals surface area (Å²) >= 11 is 0. The van der Waals surface area contributed by atoms with Gasteiger partial charge < -0.3 is 5.32 Å². The monoisotopic (exact) mass is 361 g/mol. The molecule has 0 radical (unpaired) electrons. The molecule has 1 saturated heterocycles. The first kappa shape index (κ1) is 17.2. The average molecular weight is 361 g/mol. The Balaban J connectivity index is 2.20. The minimum absolute atomic E-state index is 0.556. The molecule has 2 aromatic rings. The van der Waals surface area contributed by atoms with Gasteiger partial charge in [-0.3, -0.25) is 10.3 Å². The summed E-state index contributed by atoms with van der Waals surface area (Å²) < 4.78 is 24.8.